The van der Waals surface area contributed by atoms with Crippen LogP contribution < -0.4 is 5.32 Å². The molecule has 0 amide bonds. The Hall–Kier alpha value is -0.350. The number of carboxylic acid groups (broad SMARTS) is 1. The Morgan fingerprint density at radius 2 is 1.86 bits per heavy atom. The molecule has 3 unspecified atom stereocenters. The van der Waals surface area contributed by atoms with E-state index in [1.807, 2.05) is 0 Å². The molecule has 0 aromatic rings. The zero-order valence-electron chi connectivity index (χ0n) is 7.78. The molecule has 2 heterocycles. The second kappa shape index (κ2) is 4.45. The average molecular weight is 224 g/mol. The van der Waals surface area contributed by atoms with Crippen LogP contribution in [0.2, 0.25) is 0 Å². The fraction of sp³-hybridized carbons (Fsp3) is 0.889. The molecule has 82 valence electrons. The lowest BCUT2D eigenvalue weighted by atomic mass is 9.88. The zero-order chi connectivity index (χ0) is 9.42. The topological polar surface area (TPSA) is 49.3 Å². The first-order valence-corrected chi connectivity index (χ1v) is 4.79. The summed E-state index contributed by atoms with van der Waals surface area (Å²) in [6.07, 6.45) is 1.86. The maximum absolute atomic E-state index is 13.2. The van der Waals surface area contributed by atoms with Crippen LogP contribution in [-0.4, -0.2) is 29.3 Å². The van der Waals surface area contributed by atoms with Gasteiger partial charge >= 0.3 is 5.97 Å². The highest BCUT2D eigenvalue weighted by molar-refractivity contribution is 5.85. The largest absolute Gasteiger partial charge is 0.479 e. The van der Waals surface area contributed by atoms with E-state index in [9.17, 15) is 9.18 Å². The third kappa shape index (κ3) is 2.17. The number of piperidine rings is 1. The van der Waals surface area contributed by atoms with Crippen molar-refractivity contribution in [1.29, 1.82) is 0 Å². The summed E-state index contributed by atoms with van der Waals surface area (Å²) in [5.41, 5.74) is 0. The van der Waals surface area contributed by atoms with Crippen LogP contribution in [0.25, 0.3) is 0 Å². The molecule has 0 radical (unpaired) electrons. The van der Waals surface area contributed by atoms with Crippen LogP contribution >= 0.6 is 12.4 Å². The molecule has 2 N–H and O–H groups in total. The van der Waals surface area contributed by atoms with Crippen molar-refractivity contribution in [3.8, 4) is 0 Å². The molecule has 3 atom stereocenters. The van der Waals surface area contributed by atoms with Crippen molar-refractivity contribution in [1.82, 2.24) is 5.32 Å². The Bertz CT molecular complexity index is 215. The number of alkyl halides is 1. The normalized spacial score (nSPS) is 37.4. The number of fused-ring (bicyclic) bond motifs is 2. The van der Waals surface area contributed by atoms with Crippen LogP contribution in [0.4, 0.5) is 4.39 Å². The van der Waals surface area contributed by atoms with Crippen LogP contribution in [0.1, 0.15) is 25.7 Å². The minimum absolute atomic E-state index is 0. The molecular formula is C9H15ClFNO2. The Kier molecular flexibility index (Phi) is 3.72. The molecule has 0 aliphatic carbocycles. The van der Waals surface area contributed by atoms with Gasteiger partial charge in [-0.1, -0.05) is 0 Å². The molecule has 2 fully saturated rings. The lowest BCUT2D eigenvalue weighted by Crippen LogP contribution is -2.42. The predicted octanol–water partition coefficient (Wildman–Crippen LogP) is 1.36. The lowest BCUT2D eigenvalue weighted by molar-refractivity contribution is -0.145. The van der Waals surface area contributed by atoms with Crippen molar-refractivity contribution in [3.63, 3.8) is 0 Å². The summed E-state index contributed by atoms with van der Waals surface area (Å²) in [5.74, 6) is -1.57. The second-order valence-corrected chi connectivity index (χ2v) is 4.11. The maximum Gasteiger partial charge on any atom is 0.338 e. The molecule has 2 aliphatic heterocycles. The van der Waals surface area contributed by atoms with Crippen LogP contribution in [-0.2, 0) is 4.79 Å². The quantitative estimate of drug-likeness (QED) is 0.743. The number of halogens is 2. The first kappa shape index (κ1) is 11.7. The van der Waals surface area contributed by atoms with Gasteiger partial charge in [-0.25, -0.2) is 9.18 Å². The highest BCUT2D eigenvalue weighted by Crippen LogP contribution is 2.33. The van der Waals surface area contributed by atoms with Crippen LogP contribution in [0.5, 0.6) is 0 Å². The Balaban J connectivity index is 0.000000980. The van der Waals surface area contributed by atoms with E-state index in [4.69, 9.17) is 5.11 Å². The number of nitrogens with one attached hydrogen (secondary N) is 1. The standard InChI is InChI=1S/C9H14FNO2.ClH/c10-8(9(12)13)5-3-6-1-2-7(4-5)11-6;/h5-8,11H,1-4H2,(H,12,13);1H. The molecule has 2 saturated heterocycles. The van der Waals surface area contributed by atoms with Gasteiger partial charge in [-0.15, -0.1) is 12.4 Å². The molecule has 2 aliphatic rings. The molecule has 2 rings (SSSR count). The second-order valence-electron chi connectivity index (χ2n) is 4.11. The highest BCUT2D eigenvalue weighted by Gasteiger charge is 2.39. The molecule has 0 saturated carbocycles. The SMILES string of the molecule is Cl.O=C(O)C(F)C1CC2CCC(C1)N2. The van der Waals surface area contributed by atoms with Crippen molar-refractivity contribution in [2.45, 2.75) is 43.9 Å². The summed E-state index contributed by atoms with van der Waals surface area (Å²) in [6.45, 7) is 0. The van der Waals surface area contributed by atoms with E-state index in [0.29, 0.717) is 24.9 Å². The van der Waals surface area contributed by atoms with Crippen molar-refractivity contribution in [2.24, 2.45) is 5.92 Å². The Morgan fingerprint density at radius 1 is 1.36 bits per heavy atom. The van der Waals surface area contributed by atoms with Crippen molar-refractivity contribution < 1.29 is 14.3 Å². The van der Waals surface area contributed by atoms with Gasteiger partial charge in [-0.05, 0) is 25.7 Å². The van der Waals surface area contributed by atoms with Gasteiger partial charge in [0.25, 0.3) is 0 Å². The smallest absolute Gasteiger partial charge is 0.338 e. The summed E-state index contributed by atoms with van der Waals surface area (Å²) in [7, 11) is 0. The molecule has 14 heavy (non-hydrogen) atoms. The van der Waals surface area contributed by atoms with E-state index in [0.717, 1.165) is 12.8 Å². The minimum Gasteiger partial charge on any atom is -0.479 e. The molecule has 0 aromatic heterocycles. The third-order valence-corrected chi connectivity index (χ3v) is 3.16. The molecule has 0 spiro atoms. The van der Waals surface area contributed by atoms with Crippen LogP contribution in [0, 0.1) is 5.92 Å². The molecule has 0 aromatic carbocycles. The summed E-state index contributed by atoms with van der Waals surface area (Å²) >= 11 is 0. The van der Waals surface area contributed by atoms with Crippen LogP contribution in [0.3, 0.4) is 0 Å². The number of hydrogen-bond donors (Lipinski definition) is 2. The van der Waals surface area contributed by atoms with Gasteiger partial charge in [0.2, 0.25) is 0 Å². The van der Waals surface area contributed by atoms with Crippen molar-refractivity contribution in [3.05, 3.63) is 0 Å². The van der Waals surface area contributed by atoms with Gasteiger partial charge in [0, 0.05) is 18.0 Å². The fourth-order valence-electron chi connectivity index (χ4n) is 2.54. The molecule has 2 bridgehead atoms. The first-order chi connectivity index (χ1) is 6.16. The van der Waals surface area contributed by atoms with Gasteiger partial charge in [0.05, 0.1) is 0 Å². The van der Waals surface area contributed by atoms with Gasteiger partial charge in [0.1, 0.15) is 0 Å². The summed E-state index contributed by atoms with van der Waals surface area (Å²) in [5, 5.41) is 11.9. The van der Waals surface area contributed by atoms with E-state index < -0.39 is 12.1 Å². The number of rotatable bonds is 2. The van der Waals surface area contributed by atoms with Crippen molar-refractivity contribution >= 4 is 18.4 Å². The monoisotopic (exact) mass is 223 g/mol. The van der Waals surface area contributed by atoms with E-state index in [2.05, 4.69) is 5.32 Å². The highest BCUT2D eigenvalue weighted by atomic mass is 35.5. The maximum atomic E-state index is 13.2. The van der Waals surface area contributed by atoms with Gasteiger partial charge < -0.3 is 10.4 Å². The van der Waals surface area contributed by atoms with Crippen LogP contribution in [0.15, 0.2) is 0 Å². The number of hydrogen-bond acceptors (Lipinski definition) is 2. The van der Waals surface area contributed by atoms with Crippen molar-refractivity contribution in [2.75, 3.05) is 0 Å². The first-order valence-electron chi connectivity index (χ1n) is 4.79. The predicted molar refractivity (Wildman–Crippen MR) is 52.4 cm³/mol. The molecular weight excluding hydrogens is 209 g/mol. The lowest BCUT2D eigenvalue weighted by Gasteiger charge is -2.29. The number of aliphatic carboxylic acids is 1. The van der Waals surface area contributed by atoms with E-state index >= 15 is 0 Å². The summed E-state index contributed by atoms with van der Waals surface area (Å²) in [6, 6.07) is 0.725. The molecule has 3 nitrogen and oxygen atoms in total. The van der Waals surface area contributed by atoms with E-state index in [-0.39, 0.29) is 18.3 Å². The third-order valence-electron chi connectivity index (χ3n) is 3.16. The minimum atomic E-state index is -1.66. The zero-order valence-corrected chi connectivity index (χ0v) is 8.60. The van der Waals surface area contributed by atoms with Gasteiger partial charge in [-0.3, -0.25) is 0 Å². The van der Waals surface area contributed by atoms with E-state index in [1.165, 1.54) is 0 Å². The Morgan fingerprint density at radius 3 is 2.29 bits per heavy atom. The molecule has 5 heteroatoms. The number of carboxylic acids is 1. The summed E-state index contributed by atoms with van der Waals surface area (Å²) < 4.78 is 13.2. The average Bonchev–Trinajstić information content (AvgIpc) is 2.44. The van der Waals surface area contributed by atoms with Gasteiger partial charge in [-0.2, -0.15) is 0 Å². The number of carbonyl (C=O) groups is 1. The summed E-state index contributed by atoms with van der Waals surface area (Å²) in [4.78, 5) is 10.4. The Labute approximate surface area is 88.5 Å². The van der Waals surface area contributed by atoms with E-state index in [1.54, 1.807) is 0 Å². The van der Waals surface area contributed by atoms with Gasteiger partial charge in [0.15, 0.2) is 6.17 Å². The fourth-order valence-corrected chi connectivity index (χ4v) is 2.54.